The molecule has 1 atom stereocenters. The van der Waals surface area contributed by atoms with Gasteiger partial charge in [0.15, 0.2) is 0 Å². The monoisotopic (exact) mass is 223 g/mol. The van der Waals surface area contributed by atoms with Crippen LogP contribution in [0.5, 0.6) is 0 Å². The molecule has 1 aromatic rings. The van der Waals surface area contributed by atoms with Gasteiger partial charge in [-0.3, -0.25) is 0 Å². The number of benzene rings is 1. The van der Waals surface area contributed by atoms with Crippen LogP contribution in [0.15, 0.2) is 18.2 Å². The molecule has 0 bridgehead atoms. The smallest absolute Gasteiger partial charge is 0.123 e. The van der Waals surface area contributed by atoms with Gasteiger partial charge in [0.1, 0.15) is 5.82 Å². The molecule has 1 N–H and O–H groups in total. The predicted molar refractivity (Wildman–Crippen MR) is 67.2 cm³/mol. The standard InChI is InChI=1S/C14H22FN/c1-5-14(3,10-16-4)9-12-6-7-13(15)8-11(12)2/h6-8,16H,5,9-10H2,1-4H3. The Morgan fingerprint density at radius 2 is 2.06 bits per heavy atom. The van der Waals surface area contributed by atoms with Crippen LogP contribution in [0.1, 0.15) is 31.4 Å². The maximum Gasteiger partial charge on any atom is 0.123 e. The molecule has 90 valence electrons. The van der Waals surface area contributed by atoms with E-state index in [2.05, 4.69) is 19.2 Å². The maximum atomic E-state index is 13.0. The summed E-state index contributed by atoms with van der Waals surface area (Å²) in [4.78, 5) is 0. The van der Waals surface area contributed by atoms with E-state index >= 15 is 0 Å². The average Bonchev–Trinajstić information content (AvgIpc) is 2.23. The molecule has 0 aliphatic rings. The Balaban J connectivity index is 2.85. The van der Waals surface area contributed by atoms with E-state index in [-0.39, 0.29) is 11.2 Å². The van der Waals surface area contributed by atoms with Crippen molar-refractivity contribution in [2.45, 2.75) is 33.6 Å². The fourth-order valence-electron chi connectivity index (χ4n) is 2.06. The summed E-state index contributed by atoms with van der Waals surface area (Å²) >= 11 is 0. The van der Waals surface area contributed by atoms with Crippen molar-refractivity contribution in [3.8, 4) is 0 Å². The van der Waals surface area contributed by atoms with Crippen molar-refractivity contribution in [3.63, 3.8) is 0 Å². The number of halogens is 1. The topological polar surface area (TPSA) is 12.0 Å². The molecule has 0 radical (unpaired) electrons. The van der Waals surface area contributed by atoms with Crippen molar-refractivity contribution in [2.75, 3.05) is 13.6 Å². The largest absolute Gasteiger partial charge is 0.319 e. The summed E-state index contributed by atoms with van der Waals surface area (Å²) in [6.07, 6.45) is 2.11. The molecule has 1 nitrogen and oxygen atoms in total. The van der Waals surface area contributed by atoms with Gasteiger partial charge in [-0.1, -0.05) is 19.9 Å². The van der Waals surface area contributed by atoms with Crippen molar-refractivity contribution in [1.82, 2.24) is 5.32 Å². The van der Waals surface area contributed by atoms with Crippen molar-refractivity contribution in [1.29, 1.82) is 0 Å². The molecule has 0 fully saturated rings. The molecule has 0 amide bonds. The molecular formula is C14H22FN. The van der Waals surface area contributed by atoms with Crippen LogP contribution in [0, 0.1) is 18.2 Å². The van der Waals surface area contributed by atoms with E-state index in [0.29, 0.717) is 0 Å². The predicted octanol–water partition coefficient (Wildman–Crippen LogP) is 3.31. The summed E-state index contributed by atoms with van der Waals surface area (Å²) in [6.45, 7) is 7.44. The number of nitrogens with one attached hydrogen (secondary N) is 1. The third kappa shape index (κ3) is 3.31. The fourth-order valence-corrected chi connectivity index (χ4v) is 2.06. The van der Waals surface area contributed by atoms with E-state index in [0.717, 1.165) is 24.9 Å². The van der Waals surface area contributed by atoms with Gasteiger partial charge in [0.25, 0.3) is 0 Å². The number of hydrogen-bond acceptors (Lipinski definition) is 1. The summed E-state index contributed by atoms with van der Waals surface area (Å²) in [5, 5.41) is 3.24. The van der Waals surface area contributed by atoms with E-state index in [4.69, 9.17) is 0 Å². The van der Waals surface area contributed by atoms with Crippen LogP contribution in [-0.2, 0) is 6.42 Å². The van der Waals surface area contributed by atoms with Crippen LogP contribution in [0.3, 0.4) is 0 Å². The Kier molecular flexibility index (Phi) is 4.48. The lowest BCUT2D eigenvalue weighted by molar-refractivity contribution is 0.298. The zero-order valence-electron chi connectivity index (χ0n) is 10.7. The highest BCUT2D eigenvalue weighted by molar-refractivity contribution is 5.27. The van der Waals surface area contributed by atoms with E-state index in [1.54, 1.807) is 12.1 Å². The molecule has 1 rings (SSSR count). The minimum atomic E-state index is -0.145. The van der Waals surface area contributed by atoms with Crippen LogP contribution in [0.2, 0.25) is 0 Å². The second-order valence-corrected chi connectivity index (χ2v) is 4.94. The van der Waals surface area contributed by atoms with Gasteiger partial charge in [0.2, 0.25) is 0 Å². The number of hydrogen-bond donors (Lipinski definition) is 1. The molecule has 1 unspecified atom stereocenters. The van der Waals surface area contributed by atoms with Gasteiger partial charge < -0.3 is 5.32 Å². The van der Waals surface area contributed by atoms with Crippen LogP contribution in [0.4, 0.5) is 4.39 Å². The van der Waals surface area contributed by atoms with E-state index in [1.165, 1.54) is 5.56 Å². The summed E-state index contributed by atoms with van der Waals surface area (Å²) < 4.78 is 13.0. The molecule has 0 aliphatic heterocycles. The van der Waals surface area contributed by atoms with Crippen molar-refractivity contribution >= 4 is 0 Å². The lowest BCUT2D eigenvalue weighted by Gasteiger charge is -2.28. The molecule has 0 saturated carbocycles. The molecule has 0 aromatic heterocycles. The molecular weight excluding hydrogens is 201 g/mol. The summed E-state index contributed by atoms with van der Waals surface area (Å²) in [5.41, 5.74) is 2.55. The summed E-state index contributed by atoms with van der Waals surface area (Å²) in [6, 6.07) is 5.08. The molecule has 0 aliphatic carbocycles. The van der Waals surface area contributed by atoms with Crippen molar-refractivity contribution in [2.24, 2.45) is 5.41 Å². The van der Waals surface area contributed by atoms with Gasteiger partial charge in [0, 0.05) is 6.54 Å². The minimum absolute atomic E-state index is 0.145. The van der Waals surface area contributed by atoms with Crippen molar-refractivity contribution < 1.29 is 4.39 Å². The molecule has 16 heavy (non-hydrogen) atoms. The summed E-state index contributed by atoms with van der Waals surface area (Å²) in [5.74, 6) is -0.145. The highest BCUT2D eigenvalue weighted by Crippen LogP contribution is 2.27. The fraction of sp³-hybridized carbons (Fsp3) is 0.571. The van der Waals surface area contributed by atoms with Gasteiger partial charge in [0.05, 0.1) is 0 Å². The SMILES string of the molecule is CCC(C)(CNC)Cc1ccc(F)cc1C. The Morgan fingerprint density at radius 3 is 2.56 bits per heavy atom. The van der Waals surface area contributed by atoms with Crippen LogP contribution in [0.25, 0.3) is 0 Å². The number of rotatable bonds is 5. The third-order valence-corrected chi connectivity index (χ3v) is 3.38. The first kappa shape index (κ1) is 13.2. The molecule has 0 spiro atoms. The van der Waals surface area contributed by atoms with E-state index in [9.17, 15) is 4.39 Å². The van der Waals surface area contributed by atoms with Crippen LogP contribution < -0.4 is 5.32 Å². The van der Waals surface area contributed by atoms with Gasteiger partial charge in [-0.2, -0.15) is 0 Å². The highest BCUT2D eigenvalue weighted by Gasteiger charge is 2.22. The van der Waals surface area contributed by atoms with Crippen molar-refractivity contribution in [3.05, 3.63) is 35.1 Å². The highest BCUT2D eigenvalue weighted by atomic mass is 19.1. The first-order valence-corrected chi connectivity index (χ1v) is 5.90. The minimum Gasteiger partial charge on any atom is -0.319 e. The van der Waals surface area contributed by atoms with Crippen LogP contribution in [-0.4, -0.2) is 13.6 Å². The molecule has 1 aromatic carbocycles. The quantitative estimate of drug-likeness (QED) is 0.807. The Hall–Kier alpha value is -0.890. The lowest BCUT2D eigenvalue weighted by atomic mass is 9.80. The van der Waals surface area contributed by atoms with E-state index < -0.39 is 0 Å². The third-order valence-electron chi connectivity index (χ3n) is 3.38. The first-order valence-electron chi connectivity index (χ1n) is 5.90. The normalized spacial score (nSPS) is 14.8. The first-order chi connectivity index (χ1) is 7.50. The zero-order chi connectivity index (χ0) is 12.2. The van der Waals surface area contributed by atoms with E-state index in [1.807, 2.05) is 20.0 Å². The molecule has 2 heteroatoms. The molecule has 0 heterocycles. The van der Waals surface area contributed by atoms with Gasteiger partial charge in [-0.05, 0) is 55.5 Å². The average molecular weight is 223 g/mol. The second kappa shape index (κ2) is 5.44. The summed E-state index contributed by atoms with van der Waals surface area (Å²) in [7, 11) is 1.98. The number of aryl methyl sites for hydroxylation is 1. The lowest BCUT2D eigenvalue weighted by Crippen LogP contribution is -2.31. The van der Waals surface area contributed by atoms with Gasteiger partial charge in [-0.25, -0.2) is 4.39 Å². The Bertz CT molecular complexity index is 349. The second-order valence-electron chi connectivity index (χ2n) is 4.94. The Labute approximate surface area is 98.1 Å². The van der Waals surface area contributed by atoms with Crippen LogP contribution >= 0.6 is 0 Å². The zero-order valence-corrected chi connectivity index (χ0v) is 10.7. The van der Waals surface area contributed by atoms with Gasteiger partial charge in [-0.15, -0.1) is 0 Å². The van der Waals surface area contributed by atoms with Gasteiger partial charge >= 0.3 is 0 Å². The Morgan fingerprint density at radius 1 is 1.38 bits per heavy atom. The maximum absolute atomic E-state index is 13.0. The molecule has 0 saturated heterocycles.